The van der Waals surface area contributed by atoms with Crippen molar-refractivity contribution in [3.8, 4) is 5.69 Å². The topological polar surface area (TPSA) is 76.0 Å². The third-order valence-corrected chi connectivity index (χ3v) is 5.08. The molecule has 2 N–H and O–H groups in total. The van der Waals surface area contributed by atoms with Gasteiger partial charge in [-0.15, -0.1) is 0 Å². The maximum absolute atomic E-state index is 12.2. The van der Waals surface area contributed by atoms with Gasteiger partial charge in [-0.1, -0.05) is 18.6 Å². The van der Waals surface area contributed by atoms with Crippen LogP contribution in [-0.2, 0) is 4.79 Å². The minimum atomic E-state index is -0.272. The van der Waals surface area contributed by atoms with Crippen molar-refractivity contribution in [3.05, 3.63) is 78.1 Å². The number of rotatable bonds is 6. The van der Waals surface area contributed by atoms with E-state index in [9.17, 15) is 9.59 Å². The molecular formula is C22H22N4O2. The number of carbonyl (C=O) groups is 2. The van der Waals surface area contributed by atoms with Gasteiger partial charge in [-0.3, -0.25) is 9.59 Å². The molecular weight excluding hydrogens is 352 g/mol. The van der Waals surface area contributed by atoms with Gasteiger partial charge in [-0.2, -0.15) is 5.10 Å². The van der Waals surface area contributed by atoms with Gasteiger partial charge in [-0.05, 0) is 66.8 Å². The SMILES string of the molecule is O=C(CNC(=O)c1ccc(C2CCC2)cc1)Nc1ccc(-n2cccn2)cc1. The zero-order valence-electron chi connectivity index (χ0n) is 15.5. The Bertz CT molecular complexity index is 943. The first kappa shape index (κ1) is 18.0. The number of carbonyl (C=O) groups excluding carboxylic acids is 2. The van der Waals surface area contributed by atoms with Crippen LogP contribution in [0.3, 0.4) is 0 Å². The molecule has 0 radical (unpaired) electrons. The van der Waals surface area contributed by atoms with Crippen LogP contribution in [0.2, 0.25) is 0 Å². The van der Waals surface area contributed by atoms with Gasteiger partial charge in [0.1, 0.15) is 0 Å². The Labute approximate surface area is 163 Å². The number of hydrogen-bond acceptors (Lipinski definition) is 3. The zero-order chi connectivity index (χ0) is 19.3. The molecule has 0 saturated heterocycles. The Morgan fingerprint density at radius 3 is 2.39 bits per heavy atom. The number of anilines is 1. The van der Waals surface area contributed by atoms with E-state index in [4.69, 9.17) is 0 Å². The van der Waals surface area contributed by atoms with E-state index in [1.165, 1.54) is 24.8 Å². The van der Waals surface area contributed by atoms with Crippen molar-refractivity contribution >= 4 is 17.5 Å². The van der Waals surface area contributed by atoms with Crippen molar-refractivity contribution in [2.45, 2.75) is 25.2 Å². The lowest BCUT2D eigenvalue weighted by Gasteiger charge is -2.25. The summed E-state index contributed by atoms with van der Waals surface area (Å²) in [5, 5.41) is 9.60. The normalized spacial score (nSPS) is 13.6. The zero-order valence-corrected chi connectivity index (χ0v) is 15.5. The molecule has 0 aliphatic heterocycles. The van der Waals surface area contributed by atoms with Gasteiger partial charge in [0.25, 0.3) is 5.91 Å². The smallest absolute Gasteiger partial charge is 0.251 e. The highest BCUT2D eigenvalue weighted by molar-refractivity contribution is 5.99. The van der Waals surface area contributed by atoms with Gasteiger partial charge in [-0.25, -0.2) is 4.68 Å². The lowest BCUT2D eigenvalue weighted by molar-refractivity contribution is -0.115. The standard InChI is InChI=1S/C22H22N4O2/c27-21(25-19-9-11-20(12-10-19)26-14-2-13-24-26)15-23-22(28)18-7-5-17(6-8-18)16-3-1-4-16/h2,5-14,16H,1,3-4,15H2,(H,23,28)(H,25,27). The van der Waals surface area contributed by atoms with E-state index in [2.05, 4.69) is 15.7 Å². The first-order chi connectivity index (χ1) is 13.7. The Morgan fingerprint density at radius 2 is 1.79 bits per heavy atom. The van der Waals surface area contributed by atoms with Gasteiger partial charge in [0, 0.05) is 23.6 Å². The largest absolute Gasteiger partial charge is 0.343 e. The summed E-state index contributed by atoms with van der Waals surface area (Å²) in [5.74, 6) is 0.123. The molecule has 2 amide bonds. The van der Waals surface area contributed by atoms with Crippen LogP contribution in [0.15, 0.2) is 67.0 Å². The molecule has 3 aromatic rings. The van der Waals surface area contributed by atoms with Crippen molar-refractivity contribution in [2.75, 3.05) is 11.9 Å². The van der Waals surface area contributed by atoms with Crippen LogP contribution in [0.5, 0.6) is 0 Å². The molecule has 0 bridgehead atoms. The Balaban J connectivity index is 1.27. The highest BCUT2D eigenvalue weighted by atomic mass is 16.2. The number of nitrogens with zero attached hydrogens (tertiary/aromatic N) is 2. The number of benzene rings is 2. The molecule has 1 heterocycles. The molecule has 6 nitrogen and oxygen atoms in total. The predicted molar refractivity (Wildman–Crippen MR) is 108 cm³/mol. The minimum Gasteiger partial charge on any atom is -0.343 e. The third kappa shape index (κ3) is 4.11. The second kappa shape index (κ2) is 8.08. The van der Waals surface area contributed by atoms with E-state index in [0.717, 1.165) is 5.69 Å². The van der Waals surface area contributed by atoms with Crippen LogP contribution in [0.1, 0.15) is 41.1 Å². The average Bonchev–Trinajstić information content (AvgIpc) is 3.21. The monoisotopic (exact) mass is 374 g/mol. The summed E-state index contributed by atoms with van der Waals surface area (Å²) in [6.07, 6.45) is 7.30. The van der Waals surface area contributed by atoms with E-state index in [0.29, 0.717) is 17.2 Å². The van der Waals surface area contributed by atoms with Gasteiger partial charge in [0.2, 0.25) is 5.91 Å². The third-order valence-electron chi connectivity index (χ3n) is 5.08. The summed E-state index contributed by atoms with van der Waals surface area (Å²) < 4.78 is 1.74. The molecule has 0 atom stereocenters. The van der Waals surface area contributed by atoms with Crippen LogP contribution >= 0.6 is 0 Å². The Hall–Kier alpha value is -3.41. The summed E-state index contributed by atoms with van der Waals surface area (Å²) in [6, 6.07) is 16.9. The molecule has 0 spiro atoms. The lowest BCUT2D eigenvalue weighted by atomic mass is 9.80. The fourth-order valence-corrected chi connectivity index (χ4v) is 3.24. The fraction of sp³-hybridized carbons (Fsp3) is 0.227. The summed E-state index contributed by atoms with van der Waals surface area (Å²) in [5.41, 5.74) is 3.43. The second-order valence-corrected chi connectivity index (χ2v) is 6.98. The van der Waals surface area contributed by atoms with Crippen molar-refractivity contribution in [1.82, 2.24) is 15.1 Å². The molecule has 4 rings (SSSR count). The van der Waals surface area contributed by atoms with Crippen molar-refractivity contribution < 1.29 is 9.59 Å². The van der Waals surface area contributed by atoms with Crippen molar-refractivity contribution in [3.63, 3.8) is 0 Å². The number of amides is 2. The van der Waals surface area contributed by atoms with Crippen LogP contribution in [0, 0.1) is 0 Å². The van der Waals surface area contributed by atoms with Crippen LogP contribution in [-0.4, -0.2) is 28.1 Å². The highest BCUT2D eigenvalue weighted by Crippen LogP contribution is 2.36. The molecule has 1 aromatic heterocycles. The van der Waals surface area contributed by atoms with Gasteiger partial charge >= 0.3 is 0 Å². The predicted octanol–water partition coefficient (Wildman–Crippen LogP) is 3.51. The maximum Gasteiger partial charge on any atom is 0.251 e. The molecule has 28 heavy (non-hydrogen) atoms. The van der Waals surface area contributed by atoms with Crippen LogP contribution < -0.4 is 10.6 Å². The van der Waals surface area contributed by atoms with Crippen molar-refractivity contribution in [2.24, 2.45) is 0 Å². The molecule has 2 aromatic carbocycles. The van der Waals surface area contributed by atoms with Crippen molar-refractivity contribution in [1.29, 1.82) is 0 Å². The summed E-state index contributed by atoms with van der Waals surface area (Å²) in [7, 11) is 0. The maximum atomic E-state index is 12.2. The summed E-state index contributed by atoms with van der Waals surface area (Å²) in [4.78, 5) is 24.3. The molecule has 0 unspecified atom stereocenters. The van der Waals surface area contributed by atoms with Gasteiger partial charge in [0.05, 0.1) is 12.2 Å². The Kier molecular flexibility index (Phi) is 5.19. The molecule has 1 aliphatic carbocycles. The van der Waals surface area contributed by atoms with E-state index < -0.39 is 0 Å². The summed E-state index contributed by atoms with van der Waals surface area (Å²) in [6.45, 7) is -0.0792. The first-order valence-corrected chi connectivity index (χ1v) is 9.47. The fourth-order valence-electron chi connectivity index (χ4n) is 3.24. The van der Waals surface area contributed by atoms with Crippen LogP contribution in [0.4, 0.5) is 5.69 Å². The quantitative estimate of drug-likeness (QED) is 0.693. The molecule has 6 heteroatoms. The van der Waals surface area contributed by atoms with Crippen LogP contribution in [0.25, 0.3) is 5.69 Å². The molecule has 1 aliphatic rings. The van der Waals surface area contributed by atoms with E-state index in [-0.39, 0.29) is 18.4 Å². The second-order valence-electron chi connectivity index (χ2n) is 6.98. The van der Waals surface area contributed by atoms with E-state index in [1.807, 2.05) is 48.7 Å². The number of hydrogen-bond donors (Lipinski definition) is 2. The van der Waals surface area contributed by atoms with E-state index in [1.54, 1.807) is 23.0 Å². The summed E-state index contributed by atoms with van der Waals surface area (Å²) >= 11 is 0. The number of nitrogens with one attached hydrogen (secondary N) is 2. The van der Waals surface area contributed by atoms with Gasteiger partial charge < -0.3 is 10.6 Å². The first-order valence-electron chi connectivity index (χ1n) is 9.47. The highest BCUT2D eigenvalue weighted by Gasteiger charge is 2.19. The molecule has 1 saturated carbocycles. The minimum absolute atomic E-state index is 0.0792. The Morgan fingerprint density at radius 1 is 1.04 bits per heavy atom. The lowest BCUT2D eigenvalue weighted by Crippen LogP contribution is -2.32. The number of aromatic nitrogens is 2. The van der Waals surface area contributed by atoms with E-state index >= 15 is 0 Å². The van der Waals surface area contributed by atoms with Gasteiger partial charge in [0.15, 0.2) is 0 Å². The molecule has 1 fully saturated rings. The molecule has 142 valence electrons. The average molecular weight is 374 g/mol.